The van der Waals surface area contributed by atoms with Crippen LogP contribution >= 0.6 is 0 Å². The fourth-order valence-electron chi connectivity index (χ4n) is 2.34. The normalized spacial score (nSPS) is 26.7. The van der Waals surface area contributed by atoms with Crippen LogP contribution in [-0.4, -0.2) is 44.2 Å². The summed E-state index contributed by atoms with van der Waals surface area (Å²) in [5, 5.41) is 13.1. The quantitative estimate of drug-likeness (QED) is 0.851. The Hall–Kier alpha value is -1.08. The molecule has 2 rings (SSSR count). The van der Waals surface area contributed by atoms with Crippen LogP contribution in [0.2, 0.25) is 0 Å². The van der Waals surface area contributed by atoms with Crippen molar-refractivity contribution in [3.8, 4) is 0 Å². The van der Waals surface area contributed by atoms with E-state index < -0.39 is 17.7 Å². The minimum absolute atomic E-state index is 0.105. The third kappa shape index (κ3) is 3.96. The van der Waals surface area contributed by atoms with Crippen molar-refractivity contribution in [2.45, 2.75) is 18.8 Å². The van der Waals surface area contributed by atoms with Crippen LogP contribution in [0.5, 0.6) is 0 Å². The minimum atomic E-state index is -0.606. The summed E-state index contributed by atoms with van der Waals surface area (Å²) in [4.78, 5) is 0. The predicted octanol–water partition coefficient (Wildman–Crippen LogP) is 1.08. The largest absolute Gasteiger partial charge is 0.390 e. The summed E-state index contributed by atoms with van der Waals surface area (Å²) in [6, 6.07) is 3.40. The van der Waals surface area contributed by atoms with Crippen LogP contribution in [0, 0.1) is 17.6 Å². The molecule has 2 N–H and O–H groups in total. The molecule has 4 nitrogen and oxygen atoms in total. The molecule has 1 fully saturated rings. The molecule has 0 amide bonds. The van der Waals surface area contributed by atoms with Crippen molar-refractivity contribution in [2.24, 2.45) is 5.92 Å². The van der Waals surface area contributed by atoms with Crippen LogP contribution in [0.25, 0.3) is 0 Å². The lowest BCUT2D eigenvalue weighted by Crippen LogP contribution is -2.48. The first-order valence-corrected chi connectivity index (χ1v) is 6.54. The van der Waals surface area contributed by atoms with Crippen molar-refractivity contribution in [3.05, 3.63) is 35.4 Å². The van der Waals surface area contributed by atoms with Crippen LogP contribution in [0.15, 0.2) is 18.2 Å². The van der Waals surface area contributed by atoms with E-state index in [1.54, 1.807) is 0 Å². The van der Waals surface area contributed by atoms with E-state index in [0.29, 0.717) is 31.9 Å². The van der Waals surface area contributed by atoms with E-state index in [1.165, 1.54) is 19.2 Å². The van der Waals surface area contributed by atoms with Gasteiger partial charge in [0.25, 0.3) is 0 Å². The van der Waals surface area contributed by atoms with Crippen molar-refractivity contribution < 1.29 is 23.4 Å². The number of hydrogen-bond acceptors (Lipinski definition) is 4. The van der Waals surface area contributed by atoms with E-state index in [2.05, 4.69) is 5.32 Å². The first kappa shape index (κ1) is 15.3. The Morgan fingerprint density at radius 1 is 1.30 bits per heavy atom. The average molecular weight is 287 g/mol. The number of rotatable bonds is 5. The van der Waals surface area contributed by atoms with E-state index in [9.17, 15) is 13.9 Å². The zero-order chi connectivity index (χ0) is 14.5. The lowest BCUT2D eigenvalue weighted by Gasteiger charge is -2.33. The van der Waals surface area contributed by atoms with Crippen LogP contribution < -0.4 is 5.32 Å². The van der Waals surface area contributed by atoms with Crippen molar-refractivity contribution in [1.29, 1.82) is 0 Å². The fourth-order valence-corrected chi connectivity index (χ4v) is 2.34. The molecule has 3 atom stereocenters. The van der Waals surface area contributed by atoms with Crippen LogP contribution in [-0.2, 0) is 16.0 Å². The number of hydrogen-bond donors (Lipinski definition) is 2. The van der Waals surface area contributed by atoms with E-state index in [-0.39, 0.29) is 12.0 Å². The van der Waals surface area contributed by atoms with Gasteiger partial charge in [0.2, 0.25) is 0 Å². The predicted molar refractivity (Wildman–Crippen MR) is 69.2 cm³/mol. The third-order valence-corrected chi connectivity index (χ3v) is 3.44. The number of methoxy groups -OCH3 is 1. The average Bonchev–Trinajstić information content (AvgIpc) is 2.39. The van der Waals surface area contributed by atoms with Gasteiger partial charge >= 0.3 is 0 Å². The topological polar surface area (TPSA) is 50.7 Å². The molecule has 1 aliphatic heterocycles. The standard InChI is InChI=1S/C14H19F2NO3/c1-19-13-8-20-7-10(14(13)18)6-17-5-9-2-11(15)4-12(16)3-9/h2-4,10,13-14,17-18H,5-8H2,1H3/t10-,13-,14+/m1/s1. The highest BCUT2D eigenvalue weighted by Gasteiger charge is 2.32. The van der Waals surface area contributed by atoms with E-state index in [0.717, 1.165) is 6.07 Å². The molecule has 0 spiro atoms. The summed E-state index contributed by atoms with van der Waals surface area (Å²) >= 11 is 0. The van der Waals surface area contributed by atoms with Crippen LogP contribution in [0.4, 0.5) is 8.78 Å². The maximum Gasteiger partial charge on any atom is 0.126 e. The van der Waals surface area contributed by atoms with E-state index >= 15 is 0 Å². The van der Waals surface area contributed by atoms with Gasteiger partial charge in [-0.1, -0.05) is 0 Å². The number of aliphatic hydroxyl groups excluding tert-OH is 1. The highest BCUT2D eigenvalue weighted by atomic mass is 19.1. The van der Waals surface area contributed by atoms with Gasteiger partial charge in [-0.15, -0.1) is 0 Å². The van der Waals surface area contributed by atoms with Gasteiger partial charge in [-0.05, 0) is 17.7 Å². The summed E-state index contributed by atoms with van der Waals surface area (Å²) in [6.07, 6.45) is -0.937. The van der Waals surface area contributed by atoms with Crippen molar-refractivity contribution >= 4 is 0 Å². The Balaban J connectivity index is 1.83. The zero-order valence-electron chi connectivity index (χ0n) is 11.3. The number of nitrogens with one attached hydrogen (secondary N) is 1. The Morgan fingerprint density at radius 3 is 2.65 bits per heavy atom. The molecule has 1 aromatic rings. The molecule has 20 heavy (non-hydrogen) atoms. The molecule has 112 valence electrons. The monoisotopic (exact) mass is 287 g/mol. The first-order valence-electron chi connectivity index (χ1n) is 6.54. The van der Waals surface area contributed by atoms with Crippen molar-refractivity contribution in [1.82, 2.24) is 5.32 Å². The van der Waals surface area contributed by atoms with Gasteiger partial charge in [0, 0.05) is 32.2 Å². The third-order valence-electron chi connectivity index (χ3n) is 3.44. The van der Waals surface area contributed by atoms with E-state index in [4.69, 9.17) is 9.47 Å². The van der Waals surface area contributed by atoms with Gasteiger partial charge in [0.05, 0.1) is 19.3 Å². The van der Waals surface area contributed by atoms with E-state index in [1.807, 2.05) is 0 Å². The Morgan fingerprint density at radius 2 is 2.00 bits per heavy atom. The number of ether oxygens (including phenoxy) is 2. The lowest BCUT2D eigenvalue weighted by molar-refractivity contribution is -0.133. The molecule has 1 heterocycles. The molecule has 1 saturated heterocycles. The summed E-state index contributed by atoms with van der Waals surface area (Å²) in [6.45, 7) is 1.63. The van der Waals surface area contributed by atoms with Gasteiger partial charge < -0.3 is 19.9 Å². The molecule has 0 aromatic heterocycles. The molecular formula is C14H19F2NO3. The summed E-state index contributed by atoms with van der Waals surface area (Å²) < 4.78 is 36.5. The fraction of sp³-hybridized carbons (Fsp3) is 0.571. The molecule has 1 aliphatic rings. The number of aliphatic hydroxyl groups is 1. The molecule has 0 saturated carbocycles. The summed E-state index contributed by atoms with van der Waals surface area (Å²) in [5.41, 5.74) is 0.525. The van der Waals surface area contributed by atoms with Gasteiger partial charge in [-0.25, -0.2) is 8.78 Å². The molecule has 0 radical (unpaired) electrons. The summed E-state index contributed by atoms with van der Waals surface area (Å²) in [5.74, 6) is -1.29. The number of benzene rings is 1. The van der Waals surface area contributed by atoms with Crippen molar-refractivity contribution in [2.75, 3.05) is 26.9 Å². The minimum Gasteiger partial charge on any atom is -0.390 e. The smallest absolute Gasteiger partial charge is 0.126 e. The second-order valence-corrected chi connectivity index (χ2v) is 4.97. The zero-order valence-corrected chi connectivity index (χ0v) is 11.3. The van der Waals surface area contributed by atoms with Crippen LogP contribution in [0.1, 0.15) is 5.56 Å². The highest BCUT2D eigenvalue weighted by molar-refractivity contribution is 5.17. The van der Waals surface area contributed by atoms with Gasteiger partial charge in [0.15, 0.2) is 0 Å². The summed E-state index contributed by atoms with van der Waals surface area (Å²) in [7, 11) is 1.53. The molecule has 1 aromatic carbocycles. The highest BCUT2D eigenvalue weighted by Crippen LogP contribution is 2.17. The lowest BCUT2D eigenvalue weighted by atomic mass is 9.96. The molecule has 0 aliphatic carbocycles. The van der Waals surface area contributed by atoms with Gasteiger partial charge in [0.1, 0.15) is 17.7 Å². The maximum atomic E-state index is 13.0. The second kappa shape index (κ2) is 7.08. The van der Waals surface area contributed by atoms with Crippen molar-refractivity contribution in [3.63, 3.8) is 0 Å². The molecule has 0 unspecified atom stereocenters. The number of halogens is 2. The SMILES string of the molecule is CO[C@@H]1COC[C@@H](CNCc2cc(F)cc(F)c2)[C@@H]1O. The van der Waals surface area contributed by atoms with Crippen LogP contribution in [0.3, 0.4) is 0 Å². The van der Waals surface area contributed by atoms with Gasteiger partial charge in [-0.2, -0.15) is 0 Å². The Kier molecular flexibility index (Phi) is 5.42. The maximum absolute atomic E-state index is 13.0. The Labute approximate surface area is 116 Å². The second-order valence-electron chi connectivity index (χ2n) is 4.97. The Bertz CT molecular complexity index is 424. The molecule has 0 bridgehead atoms. The molecular weight excluding hydrogens is 268 g/mol. The first-order chi connectivity index (χ1) is 9.60. The van der Waals surface area contributed by atoms with Gasteiger partial charge in [-0.3, -0.25) is 0 Å². The molecule has 6 heteroatoms.